The van der Waals surface area contributed by atoms with Crippen LogP contribution in [-0.2, 0) is 44.5 Å². The van der Waals surface area contributed by atoms with Crippen LogP contribution in [0.5, 0.6) is 5.75 Å². The Balaban J connectivity index is 1.19. The van der Waals surface area contributed by atoms with Crippen LogP contribution in [-0.4, -0.2) is 62.7 Å². The van der Waals surface area contributed by atoms with Crippen molar-refractivity contribution < 1.29 is 39.0 Å². The van der Waals surface area contributed by atoms with Crippen molar-refractivity contribution in [3.63, 3.8) is 0 Å². The first-order valence-electron chi connectivity index (χ1n) is 17.0. The average molecular weight is 725 g/mol. The molecule has 5 N–H and O–H groups in total. The molecule has 0 bridgehead atoms. The van der Waals surface area contributed by atoms with E-state index in [4.69, 9.17) is 24.5 Å². The normalized spacial score (nSPS) is 16.3. The van der Waals surface area contributed by atoms with Crippen LogP contribution in [0.1, 0.15) is 67.5 Å². The first-order chi connectivity index (χ1) is 25.3. The Kier molecular flexibility index (Phi) is 10.4. The summed E-state index contributed by atoms with van der Waals surface area (Å²) in [6.07, 6.45) is 3.72. The van der Waals surface area contributed by atoms with Crippen molar-refractivity contribution in [3.8, 4) is 17.1 Å². The van der Waals surface area contributed by atoms with Gasteiger partial charge in [-0.15, -0.1) is 0 Å². The fourth-order valence-electron chi connectivity index (χ4n) is 6.12. The second kappa shape index (κ2) is 15.0. The van der Waals surface area contributed by atoms with E-state index in [0.717, 1.165) is 11.1 Å². The lowest BCUT2D eigenvalue weighted by molar-refractivity contribution is -0.172. The Hall–Kier alpha value is -5.90. The van der Waals surface area contributed by atoms with Gasteiger partial charge in [0.05, 0.1) is 35.2 Å². The number of nitrogens with one attached hydrogen (secondary N) is 3. The number of aromatic nitrogens is 2. The van der Waals surface area contributed by atoms with E-state index < -0.39 is 29.2 Å². The number of benzene rings is 2. The third-order valence-electron chi connectivity index (χ3n) is 8.84. The number of amides is 2. The van der Waals surface area contributed by atoms with Crippen LogP contribution in [0.15, 0.2) is 64.6 Å². The van der Waals surface area contributed by atoms with E-state index in [0.29, 0.717) is 53.1 Å². The van der Waals surface area contributed by atoms with E-state index in [9.17, 15) is 24.3 Å². The summed E-state index contributed by atoms with van der Waals surface area (Å²) in [6.45, 7) is 8.43. The van der Waals surface area contributed by atoms with Crippen molar-refractivity contribution in [1.82, 2.24) is 25.7 Å². The fourth-order valence-corrected chi connectivity index (χ4v) is 6.12. The number of hydrogen-bond acceptors (Lipinski definition) is 12. The van der Waals surface area contributed by atoms with E-state index in [2.05, 4.69) is 15.8 Å². The van der Waals surface area contributed by atoms with Crippen LogP contribution in [0.3, 0.4) is 0 Å². The zero-order valence-electron chi connectivity index (χ0n) is 29.7. The first kappa shape index (κ1) is 36.9. The largest absolute Gasteiger partial charge is 0.458 e. The predicted octanol–water partition coefficient (Wildman–Crippen LogP) is 3.63. The van der Waals surface area contributed by atoms with E-state index >= 15 is 0 Å². The summed E-state index contributed by atoms with van der Waals surface area (Å²) in [7, 11) is 0. The number of rotatable bonds is 11. The van der Waals surface area contributed by atoms with E-state index in [-0.39, 0.29) is 42.0 Å². The third-order valence-corrected chi connectivity index (χ3v) is 8.84. The van der Waals surface area contributed by atoms with Crippen molar-refractivity contribution in [2.24, 2.45) is 5.16 Å². The minimum Gasteiger partial charge on any atom is -0.458 e. The molecule has 4 heterocycles. The zero-order valence-corrected chi connectivity index (χ0v) is 29.7. The van der Waals surface area contributed by atoms with Crippen LogP contribution in [0.2, 0.25) is 0 Å². The molecule has 53 heavy (non-hydrogen) atoms. The smallest absolute Gasteiger partial charge is 0.412 e. The Labute approximate surface area is 304 Å². The maximum absolute atomic E-state index is 13.8. The number of pyridine rings is 2. The van der Waals surface area contributed by atoms with Gasteiger partial charge in [-0.25, -0.2) is 20.1 Å². The molecule has 4 aromatic rings. The second-order valence-electron chi connectivity index (χ2n) is 13.6. The molecule has 0 fully saturated rings. The standard InChI is InChI=1S/C38H40N6O9/c1-5-38(49)29-17-31-33-27(20-44(31)34(46)28(29)21-51-35(38)47)26(19-41-53-37(2,3)4)25-16-24(11-12-30(25)42-33)52-36(48)40-15-14-39-18-23-8-6-22(7-9-23)10-13-32(45)43-50/h6-13,16-17,19,39,49-50H,5,14-15,18,20-21H2,1-4H3,(H,40,48)(H,43,45)/b13-10+,41-19-/t38-/m0/s1. The molecule has 0 saturated carbocycles. The number of cyclic esters (lactones) is 1. The molecule has 0 radical (unpaired) electrons. The number of nitrogens with zero attached hydrogens (tertiary/aromatic N) is 3. The number of oxime groups is 1. The van der Waals surface area contributed by atoms with Crippen LogP contribution < -0.4 is 26.4 Å². The summed E-state index contributed by atoms with van der Waals surface area (Å²) in [6, 6.07) is 14.1. The maximum Gasteiger partial charge on any atom is 0.412 e. The van der Waals surface area contributed by atoms with Gasteiger partial charge in [0.1, 0.15) is 18.0 Å². The number of ether oxygens (including phenoxy) is 2. The quantitative estimate of drug-likeness (QED) is 0.0333. The molecule has 2 aromatic heterocycles. The van der Waals surface area contributed by atoms with Gasteiger partial charge in [-0.1, -0.05) is 36.3 Å². The van der Waals surface area contributed by atoms with Crippen molar-refractivity contribution in [1.29, 1.82) is 0 Å². The minimum atomic E-state index is -1.95. The lowest BCUT2D eigenvalue weighted by Crippen LogP contribution is -2.44. The molecule has 15 nitrogen and oxygen atoms in total. The van der Waals surface area contributed by atoms with Crippen molar-refractivity contribution >= 4 is 41.2 Å². The van der Waals surface area contributed by atoms with Crippen LogP contribution in [0.4, 0.5) is 4.79 Å². The van der Waals surface area contributed by atoms with Gasteiger partial charge in [-0.05, 0) is 68.7 Å². The minimum absolute atomic E-state index is 0.0268. The van der Waals surface area contributed by atoms with Gasteiger partial charge in [-0.3, -0.25) is 14.8 Å². The summed E-state index contributed by atoms with van der Waals surface area (Å²) in [5, 5.41) is 30.6. The lowest BCUT2D eigenvalue weighted by Gasteiger charge is -2.31. The number of hydroxylamine groups is 1. The van der Waals surface area contributed by atoms with Crippen molar-refractivity contribution in [2.45, 2.75) is 65.0 Å². The van der Waals surface area contributed by atoms with Crippen molar-refractivity contribution in [2.75, 3.05) is 13.1 Å². The maximum atomic E-state index is 13.8. The van der Waals surface area contributed by atoms with Crippen LogP contribution in [0, 0.1) is 0 Å². The third kappa shape index (κ3) is 7.82. The van der Waals surface area contributed by atoms with Gasteiger partial charge in [0.2, 0.25) is 0 Å². The highest BCUT2D eigenvalue weighted by molar-refractivity contribution is 6.03. The van der Waals surface area contributed by atoms with Crippen molar-refractivity contribution in [3.05, 3.63) is 98.3 Å². The van der Waals surface area contributed by atoms with E-state index in [1.54, 1.807) is 53.5 Å². The van der Waals surface area contributed by atoms with E-state index in [1.807, 2.05) is 45.0 Å². The molecule has 0 spiro atoms. The van der Waals surface area contributed by atoms with Crippen LogP contribution >= 0.6 is 0 Å². The number of aliphatic hydroxyl groups is 1. The Morgan fingerprint density at radius 1 is 1.09 bits per heavy atom. The first-order valence-corrected chi connectivity index (χ1v) is 17.0. The Bertz CT molecular complexity index is 2210. The number of hydrogen-bond donors (Lipinski definition) is 5. The van der Waals surface area contributed by atoms with E-state index in [1.165, 1.54) is 6.08 Å². The summed E-state index contributed by atoms with van der Waals surface area (Å²) in [4.78, 5) is 60.8. The predicted molar refractivity (Wildman–Crippen MR) is 194 cm³/mol. The number of carbonyl (C=O) groups is 3. The molecule has 2 aliphatic heterocycles. The van der Waals surface area contributed by atoms with Gasteiger partial charge >= 0.3 is 12.1 Å². The molecule has 2 aromatic carbocycles. The molecule has 2 amide bonds. The molecule has 1 atom stereocenters. The summed E-state index contributed by atoms with van der Waals surface area (Å²) in [5.74, 6) is -1.16. The lowest BCUT2D eigenvalue weighted by atomic mass is 9.86. The zero-order chi connectivity index (χ0) is 37.9. The number of carbonyl (C=O) groups excluding carboxylic acids is 3. The van der Waals surface area contributed by atoms with Gasteiger partial charge in [0.25, 0.3) is 11.5 Å². The van der Waals surface area contributed by atoms with Gasteiger partial charge in [-0.2, -0.15) is 0 Å². The SMILES string of the molecule is CC[C@@]1(O)C(=O)OCc2c1cc1n(c2=O)Cc2c-1nc1ccc(OC(=O)NCCNCc3ccc(/C=C/C(=O)NO)cc3)cc1c2/C=N\OC(C)(C)C. The van der Waals surface area contributed by atoms with Gasteiger partial charge in [0, 0.05) is 47.8 Å². The molecule has 2 aliphatic rings. The van der Waals surface area contributed by atoms with Gasteiger partial charge < -0.3 is 34.6 Å². The highest BCUT2D eigenvalue weighted by Crippen LogP contribution is 2.40. The fraction of sp³-hybridized carbons (Fsp3) is 0.316. The molecule has 0 unspecified atom stereocenters. The average Bonchev–Trinajstić information content (AvgIpc) is 3.50. The molecule has 15 heteroatoms. The molecule has 276 valence electrons. The summed E-state index contributed by atoms with van der Waals surface area (Å²) < 4.78 is 12.4. The monoisotopic (exact) mass is 724 g/mol. The Morgan fingerprint density at radius 2 is 1.87 bits per heavy atom. The topological polar surface area (TPSA) is 203 Å². The molecule has 6 rings (SSSR count). The number of fused-ring (bicyclic) bond motifs is 5. The van der Waals surface area contributed by atoms with Crippen LogP contribution in [0.25, 0.3) is 28.4 Å². The summed E-state index contributed by atoms with van der Waals surface area (Å²) >= 11 is 0. The van der Waals surface area contributed by atoms with Gasteiger partial charge in [0.15, 0.2) is 5.60 Å². The second-order valence-corrected chi connectivity index (χ2v) is 13.6. The molecule has 0 saturated heterocycles. The number of esters is 1. The molecule has 0 aliphatic carbocycles. The highest BCUT2D eigenvalue weighted by atomic mass is 16.6. The Morgan fingerprint density at radius 3 is 2.58 bits per heavy atom. The molecular weight excluding hydrogens is 684 g/mol. The summed E-state index contributed by atoms with van der Waals surface area (Å²) in [5.41, 5.74) is 3.58. The highest BCUT2D eigenvalue weighted by Gasteiger charge is 2.45. The molecular formula is C38H40N6O9.